The van der Waals surface area contributed by atoms with Crippen LogP contribution in [0, 0.1) is 5.82 Å². The first-order chi connectivity index (χ1) is 10.2. The lowest BCUT2D eigenvalue weighted by molar-refractivity contribution is 0.564. The second-order valence-corrected chi connectivity index (χ2v) is 5.89. The molecule has 0 bridgehead atoms. The fourth-order valence-electron chi connectivity index (χ4n) is 2.20. The number of hydrogen-bond donors (Lipinski definition) is 1. The summed E-state index contributed by atoms with van der Waals surface area (Å²) in [5.41, 5.74) is 6.76. The molecule has 1 aliphatic carbocycles. The van der Waals surface area contributed by atoms with E-state index < -0.39 is 5.82 Å². The van der Waals surface area contributed by atoms with Gasteiger partial charge in [-0.3, -0.25) is 4.98 Å². The van der Waals surface area contributed by atoms with Crippen LogP contribution < -0.4 is 5.73 Å². The van der Waals surface area contributed by atoms with Crippen molar-refractivity contribution in [3.63, 3.8) is 0 Å². The summed E-state index contributed by atoms with van der Waals surface area (Å²) in [5, 5.41) is 12.9. The van der Waals surface area contributed by atoms with E-state index >= 15 is 0 Å². The predicted octanol–water partition coefficient (Wildman–Crippen LogP) is 2.43. The van der Waals surface area contributed by atoms with Crippen LogP contribution in [0.15, 0.2) is 34.4 Å². The van der Waals surface area contributed by atoms with Crippen molar-refractivity contribution in [1.29, 1.82) is 0 Å². The second kappa shape index (κ2) is 4.66. The lowest BCUT2D eigenvalue weighted by atomic mass is 10.2. The Morgan fingerprint density at radius 1 is 1.38 bits per heavy atom. The highest BCUT2D eigenvalue weighted by molar-refractivity contribution is 7.99. The molecule has 1 saturated carbocycles. The van der Waals surface area contributed by atoms with Gasteiger partial charge in [-0.15, -0.1) is 5.10 Å². The van der Waals surface area contributed by atoms with Gasteiger partial charge < -0.3 is 5.73 Å². The van der Waals surface area contributed by atoms with Gasteiger partial charge in [-0.05, 0) is 53.2 Å². The van der Waals surface area contributed by atoms with Crippen LogP contribution in [-0.4, -0.2) is 25.2 Å². The number of rotatable bonds is 3. The van der Waals surface area contributed by atoms with Gasteiger partial charge in [-0.1, -0.05) is 0 Å². The van der Waals surface area contributed by atoms with E-state index in [9.17, 15) is 4.39 Å². The average molecular weight is 302 g/mol. The lowest BCUT2D eigenvalue weighted by Gasteiger charge is -2.08. The molecule has 0 spiro atoms. The molecule has 2 N–H and O–H groups in total. The summed E-state index contributed by atoms with van der Waals surface area (Å²) in [5.74, 6) is -0.408. The van der Waals surface area contributed by atoms with Crippen molar-refractivity contribution in [2.75, 3.05) is 5.73 Å². The molecule has 3 aromatic rings. The van der Waals surface area contributed by atoms with Crippen LogP contribution in [0.2, 0.25) is 0 Å². The number of halogens is 1. The maximum Gasteiger partial charge on any atom is 0.214 e. The summed E-state index contributed by atoms with van der Waals surface area (Å²) in [6, 6.07) is 5.25. The van der Waals surface area contributed by atoms with E-state index in [1.165, 1.54) is 17.8 Å². The minimum Gasteiger partial charge on any atom is -0.398 e. The molecule has 0 amide bonds. The first-order valence-electron chi connectivity index (χ1n) is 6.52. The first kappa shape index (κ1) is 12.5. The van der Waals surface area contributed by atoms with Gasteiger partial charge in [0.15, 0.2) is 0 Å². The molecule has 6 nitrogen and oxygen atoms in total. The molecule has 8 heteroatoms. The van der Waals surface area contributed by atoms with Crippen molar-refractivity contribution < 1.29 is 4.39 Å². The van der Waals surface area contributed by atoms with Crippen molar-refractivity contribution in [2.45, 2.75) is 28.9 Å². The van der Waals surface area contributed by atoms with Gasteiger partial charge in [0.25, 0.3) is 0 Å². The number of pyridine rings is 1. The van der Waals surface area contributed by atoms with Crippen molar-refractivity contribution in [1.82, 2.24) is 25.2 Å². The maximum atomic E-state index is 14.3. The van der Waals surface area contributed by atoms with Gasteiger partial charge in [-0.25, -0.2) is 9.07 Å². The third-order valence-corrected chi connectivity index (χ3v) is 4.43. The molecule has 0 saturated heterocycles. The van der Waals surface area contributed by atoms with E-state index in [0.29, 0.717) is 27.3 Å². The Hall–Kier alpha value is -2.22. The normalized spacial score (nSPS) is 14.7. The highest BCUT2D eigenvalue weighted by Gasteiger charge is 2.29. The monoisotopic (exact) mass is 302 g/mol. The van der Waals surface area contributed by atoms with Crippen molar-refractivity contribution >= 4 is 28.4 Å². The summed E-state index contributed by atoms with van der Waals surface area (Å²) >= 11 is 1.19. The zero-order valence-electron chi connectivity index (χ0n) is 10.9. The molecular formula is C13H11FN6S. The molecular weight excluding hydrogens is 291 g/mol. The molecule has 2 aromatic heterocycles. The Kier molecular flexibility index (Phi) is 2.78. The predicted molar refractivity (Wildman–Crippen MR) is 76.3 cm³/mol. The van der Waals surface area contributed by atoms with Gasteiger partial charge in [0, 0.05) is 17.3 Å². The van der Waals surface area contributed by atoms with Crippen LogP contribution >= 0.6 is 11.8 Å². The number of benzene rings is 1. The molecule has 0 radical (unpaired) electrons. The summed E-state index contributed by atoms with van der Waals surface area (Å²) in [6.07, 6.45) is 3.73. The van der Waals surface area contributed by atoms with Crippen LogP contribution in [0.1, 0.15) is 18.9 Å². The molecule has 1 aliphatic rings. The maximum absolute atomic E-state index is 14.3. The topological polar surface area (TPSA) is 82.5 Å². The number of tetrazole rings is 1. The van der Waals surface area contributed by atoms with E-state index in [4.69, 9.17) is 5.73 Å². The van der Waals surface area contributed by atoms with Crippen LogP contribution in [0.4, 0.5) is 10.1 Å². The third-order valence-electron chi connectivity index (χ3n) is 3.38. The molecule has 2 heterocycles. The zero-order valence-corrected chi connectivity index (χ0v) is 11.7. The Labute approximate surface area is 123 Å². The van der Waals surface area contributed by atoms with E-state index in [2.05, 4.69) is 20.5 Å². The lowest BCUT2D eigenvalue weighted by Crippen LogP contribution is -2.00. The first-order valence-corrected chi connectivity index (χ1v) is 7.34. The highest BCUT2D eigenvalue weighted by atomic mass is 32.2. The number of anilines is 1. The van der Waals surface area contributed by atoms with Crippen LogP contribution in [0.25, 0.3) is 10.9 Å². The fourth-order valence-corrected chi connectivity index (χ4v) is 3.16. The Morgan fingerprint density at radius 3 is 3.05 bits per heavy atom. The second-order valence-electron chi connectivity index (χ2n) is 4.92. The number of nitrogens with two attached hydrogens (primary N) is 1. The van der Waals surface area contributed by atoms with E-state index in [-0.39, 0.29) is 0 Å². The molecule has 0 atom stereocenters. The van der Waals surface area contributed by atoms with E-state index in [1.54, 1.807) is 16.9 Å². The average Bonchev–Trinajstić information content (AvgIpc) is 3.23. The zero-order chi connectivity index (χ0) is 14.4. The van der Waals surface area contributed by atoms with Crippen molar-refractivity contribution in [3.8, 4) is 0 Å². The Morgan fingerprint density at radius 2 is 2.24 bits per heavy atom. The number of nitrogens with zero attached hydrogens (tertiary/aromatic N) is 5. The smallest absolute Gasteiger partial charge is 0.214 e. The van der Waals surface area contributed by atoms with E-state index in [1.807, 2.05) is 6.07 Å². The molecule has 1 aromatic carbocycles. The van der Waals surface area contributed by atoms with Crippen molar-refractivity contribution in [2.24, 2.45) is 0 Å². The summed E-state index contributed by atoms with van der Waals surface area (Å²) in [6.45, 7) is 0. The largest absolute Gasteiger partial charge is 0.398 e. The summed E-state index contributed by atoms with van der Waals surface area (Å²) < 4.78 is 16.0. The number of aromatic nitrogens is 5. The van der Waals surface area contributed by atoms with Gasteiger partial charge in [-0.2, -0.15) is 0 Å². The number of nitrogen functional groups attached to an aromatic ring is 1. The minimum atomic E-state index is -0.408. The van der Waals surface area contributed by atoms with Gasteiger partial charge in [0.05, 0.1) is 16.5 Å². The summed E-state index contributed by atoms with van der Waals surface area (Å²) in [4.78, 5) is 4.65. The van der Waals surface area contributed by atoms with Crippen LogP contribution in [0.5, 0.6) is 0 Å². The minimum absolute atomic E-state index is 0.332. The van der Waals surface area contributed by atoms with Gasteiger partial charge in [0.2, 0.25) is 5.16 Å². The molecule has 0 unspecified atom stereocenters. The Bertz CT molecular complexity index is 829. The van der Waals surface area contributed by atoms with Crippen molar-refractivity contribution in [3.05, 3.63) is 30.2 Å². The standard InChI is InChI=1S/C13H11FN6S/c14-9-6-10(15)8-2-1-5-16-11(8)12(9)21-13-17-18-19-20(13)7-3-4-7/h1-2,5-7H,3-4,15H2. The molecule has 21 heavy (non-hydrogen) atoms. The van der Waals surface area contributed by atoms with Crippen LogP contribution in [-0.2, 0) is 0 Å². The fraction of sp³-hybridized carbons (Fsp3) is 0.231. The highest BCUT2D eigenvalue weighted by Crippen LogP contribution is 2.40. The SMILES string of the molecule is Nc1cc(F)c(Sc2nnnn2C2CC2)c2ncccc12. The van der Waals surface area contributed by atoms with Gasteiger partial charge in [0.1, 0.15) is 5.82 Å². The number of hydrogen-bond acceptors (Lipinski definition) is 6. The molecule has 0 aliphatic heterocycles. The third kappa shape index (κ3) is 2.11. The molecule has 1 fully saturated rings. The quantitative estimate of drug-likeness (QED) is 0.748. The van der Waals surface area contributed by atoms with E-state index in [0.717, 1.165) is 18.2 Å². The molecule has 4 rings (SSSR count). The van der Waals surface area contributed by atoms with Gasteiger partial charge >= 0.3 is 0 Å². The Balaban J connectivity index is 1.84. The number of fused-ring (bicyclic) bond motifs is 1. The summed E-state index contributed by atoms with van der Waals surface area (Å²) in [7, 11) is 0. The van der Waals surface area contributed by atoms with Crippen LogP contribution in [0.3, 0.4) is 0 Å². The molecule has 106 valence electrons.